The normalized spacial score (nSPS) is 18.1. The summed E-state index contributed by atoms with van der Waals surface area (Å²) in [5.74, 6) is -0.874. The standard InChI is InChI=1S/C12H14BrNO2/c1-12(2)6-14(7-12)10-4-3-8(13)5-9(10)11(15)16/h3-5H,6-7H2,1-2H3,(H,15,16). The van der Waals surface area contributed by atoms with E-state index in [9.17, 15) is 4.79 Å². The predicted molar refractivity (Wildman–Crippen MR) is 67.1 cm³/mol. The number of rotatable bonds is 2. The highest BCUT2D eigenvalue weighted by Gasteiger charge is 2.35. The van der Waals surface area contributed by atoms with Gasteiger partial charge in [-0.2, -0.15) is 0 Å². The van der Waals surface area contributed by atoms with E-state index in [1.165, 1.54) is 0 Å². The van der Waals surface area contributed by atoms with Crippen LogP contribution in [0.15, 0.2) is 22.7 Å². The van der Waals surface area contributed by atoms with E-state index >= 15 is 0 Å². The van der Waals surface area contributed by atoms with Crippen LogP contribution in [0.4, 0.5) is 5.69 Å². The molecule has 1 saturated heterocycles. The van der Waals surface area contributed by atoms with E-state index in [2.05, 4.69) is 34.7 Å². The Bertz CT molecular complexity index is 435. The molecule has 1 heterocycles. The molecule has 1 aromatic carbocycles. The van der Waals surface area contributed by atoms with Gasteiger partial charge in [-0.1, -0.05) is 29.8 Å². The lowest BCUT2D eigenvalue weighted by Gasteiger charge is -2.47. The molecule has 0 radical (unpaired) electrons. The maximum Gasteiger partial charge on any atom is 0.337 e. The van der Waals surface area contributed by atoms with Crippen LogP contribution in [-0.2, 0) is 0 Å². The van der Waals surface area contributed by atoms with E-state index in [4.69, 9.17) is 5.11 Å². The molecule has 0 atom stereocenters. The molecule has 0 spiro atoms. The van der Waals surface area contributed by atoms with Crippen LogP contribution in [0.2, 0.25) is 0 Å². The van der Waals surface area contributed by atoms with Gasteiger partial charge in [-0.05, 0) is 23.6 Å². The first-order chi connectivity index (χ1) is 7.39. The molecular weight excluding hydrogens is 270 g/mol. The number of aromatic carboxylic acids is 1. The van der Waals surface area contributed by atoms with E-state index in [-0.39, 0.29) is 0 Å². The second-order valence-electron chi connectivity index (χ2n) is 4.99. The van der Waals surface area contributed by atoms with Crippen molar-refractivity contribution in [3.63, 3.8) is 0 Å². The molecule has 1 aliphatic heterocycles. The molecule has 1 aliphatic rings. The van der Waals surface area contributed by atoms with Crippen molar-refractivity contribution < 1.29 is 9.90 Å². The highest BCUT2D eigenvalue weighted by molar-refractivity contribution is 9.10. The third-order valence-electron chi connectivity index (χ3n) is 2.77. The van der Waals surface area contributed by atoms with Crippen molar-refractivity contribution in [1.82, 2.24) is 0 Å². The van der Waals surface area contributed by atoms with Crippen LogP contribution in [-0.4, -0.2) is 24.2 Å². The summed E-state index contributed by atoms with van der Waals surface area (Å²) in [5.41, 5.74) is 1.47. The van der Waals surface area contributed by atoms with Gasteiger partial charge >= 0.3 is 5.97 Å². The maximum absolute atomic E-state index is 11.1. The van der Waals surface area contributed by atoms with Crippen molar-refractivity contribution in [2.24, 2.45) is 5.41 Å². The Hall–Kier alpha value is -1.03. The zero-order chi connectivity index (χ0) is 11.9. The summed E-state index contributed by atoms with van der Waals surface area (Å²) >= 11 is 3.29. The molecule has 1 aromatic rings. The molecule has 0 aromatic heterocycles. The van der Waals surface area contributed by atoms with Gasteiger partial charge in [0.05, 0.1) is 11.3 Å². The number of nitrogens with zero attached hydrogens (tertiary/aromatic N) is 1. The molecule has 1 fully saturated rings. The number of halogens is 1. The van der Waals surface area contributed by atoms with Crippen LogP contribution in [0.25, 0.3) is 0 Å². The molecule has 86 valence electrons. The number of carboxylic acids is 1. The molecule has 16 heavy (non-hydrogen) atoms. The summed E-state index contributed by atoms with van der Waals surface area (Å²) < 4.78 is 0.799. The van der Waals surface area contributed by atoms with Crippen LogP contribution in [0.3, 0.4) is 0 Å². The second-order valence-corrected chi connectivity index (χ2v) is 5.90. The van der Waals surface area contributed by atoms with Gasteiger partial charge in [0.25, 0.3) is 0 Å². The van der Waals surface area contributed by atoms with Crippen LogP contribution in [0, 0.1) is 5.41 Å². The topological polar surface area (TPSA) is 40.5 Å². The molecule has 0 unspecified atom stereocenters. The fourth-order valence-electron chi connectivity index (χ4n) is 2.11. The average Bonchev–Trinajstić information content (AvgIpc) is 2.14. The molecule has 4 heteroatoms. The summed E-state index contributed by atoms with van der Waals surface area (Å²) in [5, 5.41) is 9.14. The molecular formula is C12H14BrNO2. The van der Waals surface area contributed by atoms with Gasteiger partial charge in [0, 0.05) is 17.6 Å². The minimum Gasteiger partial charge on any atom is -0.478 e. The van der Waals surface area contributed by atoms with Gasteiger partial charge in [0.1, 0.15) is 0 Å². The van der Waals surface area contributed by atoms with Crippen molar-refractivity contribution in [2.75, 3.05) is 18.0 Å². The highest BCUT2D eigenvalue weighted by Crippen LogP contribution is 2.36. The van der Waals surface area contributed by atoms with Crippen molar-refractivity contribution in [1.29, 1.82) is 0 Å². The Labute approximate surface area is 103 Å². The maximum atomic E-state index is 11.1. The zero-order valence-corrected chi connectivity index (χ0v) is 10.9. The monoisotopic (exact) mass is 283 g/mol. The van der Waals surface area contributed by atoms with E-state index in [1.54, 1.807) is 6.07 Å². The van der Waals surface area contributed by atoms with E-state index < -0.39 is 5.97 Å². The Morgan fingerprint density at radius 1 is 1.44 bits per heavy atom. The fourth-order valence-corrected chi connectivity index (χ4v) is 2.47. The molecule has 0 aliphatic carbocycles. The number of hydrogen-bond donors (Lipinski definition) is 1. The van der Waals surface area contributed by atoms with Crippen LogP contribution < -0.4 is 4.90 Å². The van der Waals surface area contributed by atoms with Gasteiger partial charge in [0.2, 0.25) is 0 Å². The molecule has 3 nitrogen and oxygen atoms in total. The molecule has 2 rings (SSSR count). The minimum atomic E-state index is -0.874. The van der Waals surface area contributed by atoms with Crippen molar-refractivity contribution >= 4 is 27.6 Å². The fraction of sp³-hybridized carbons (Fsp3) is 0.417. The Balaban J connectivity index is 2.31. The van der Waals surface area contributed by atoms with E-state index in [0.717, 1.165) is 23.2 Å². The molecule has 0 amide bonds. The number of hydrogen-bond acceptors (Lipinski definition) is 2. The lowest BCUT2D eigenvalue weighted by atomic mass is 9.83. The lowest BCUT2D eigenvalue weighted by molar-refractivity contribution is 0.0696. The number of carboxylic acid groups (broad SMARTS) is 1. The predicted octanol–water partition coefficient (Wildman–Crippen LogP) is 2.99. The zero-order valence-electron chi connectivity index (χ0n) is 9.33. The largest absolute Gasteiger partial charge is 0.478 e. The van der Waals surface area contributed by atoms with Crippen LogP contribution >= 0.6 is 15.9 Å². The molecule has 0 saturated carbocycles. The minimum absolute atomic E-state index is 0.294. The number of anilines is 1. The highest BCUT2D eigenvalue weighted by atomic mass is 79.9. The number of benzene rings is 1. The van der Waals surface area contributed by atoms with Gasteiger partial charge < -0.3 is 10.0 Å². The Morgan fingerprint density at radius 2 is 2.06 bits per heavy atom. The van der Waals surface area contributed by atoms with Crippen molar-refractivity contribution in [3.8, 4) is 0 Å². The smallest absolute Gasteiger partial charge is 0.337 e. The third-order valence-corrected chi connectivity index (χ3v) is 3.26. The second kappa shape index (κ2) is 3.77. The SMILES string of the molecule is CC1(C)CN(c2ccc(Br)cc2C(=O)O)C1. The summed E-state index contributed by atoms with van der Waals surface area (Å²) in [6.45, 7) is 6.19. The van der Waals surface area contributed by atoms with Crippen molar-refractivity contribution in [3.05, 3.63) is 28.2 Å². The van der Waals surface area contributed by atoms with Gasteiger partial charge in [-0.15, -0.1) is 0 Å². The molecule has 0 bridgehead atoms. The summed E-state index contributed by atoms with van der Waals surface area (Å²) in [7, 11) is 0. The summed E-state index contributed by atoms with van der Waals surface area (Å²) in [4.78, 5) is 13.2. The lowest BCUT2D eigenvalue weighted by Crippen LogP contribution is -2.53. The molecule has 1 N–H and O–H groups in total. The van der Waals surface area contributed by atoms with Gasteiger partial charge in [-0.3, -0.25) is 0 Å². The Kier molecular flexibility index (Phi) is 2.70. The van der Waals surface area contributed by atoms with Crippen molar-refractivity contribution in [2.45, 2.75) is 13.8 Å². The summed E-state index contributed by atoms with van der Waals surface area (Å²) in [6.07, 6.45) is 0. The summed E-state index contributed by atoms with van der Waals surface area (Å²) in [6, 6.07) is 5.40. The first-order valence-corrected chi connectivity index (χ1v) is 5.96. The third kappa shape index (κ3) is 2.07. The van der Waals surface area contributed by atoms with E-state index in [1.807, 2.05) is 12.1 Å². The average molecular weight is 284 g/mol. The van der Waals surface area contributed by atoms with Gasteiger partial charge in [0.15, 0.2) is 0 Å². The first-order valence-electron chi connectivity index (χ1n) is 5.17. The first kappa shape index (κ1) is 11.5. The van der Waals surface area contributed by atoms with E-state index in [0.29, 0.717) is 11.0 Å². The number of carbonyl (C=O) groups is 1. The van der Waals surface area contributed by atoms with Gasteiger partial charge in [-0.25, -0.2) is 4.79 Å². The Morgan fingerprint density at radius 3 is 2.56 bits per heavy atom. The van der Waals surface area contributed by atoms with Crippen LogP contribution in [0.1, 0.15) is 24.2 Å². The quantitative estimate of drug-likeness (QED) is 0.907. The van der Waals surface area contributed by atoms with Crippen LogP contribution in [0.5, 0.6) is 0 Å².